The van der Waals surface area contributed by atoms with Gasteiger partial charge in [0.1, 0.15) is 12.4 Å². The first kappa shape index (κ1) is 15.2. The van der Waals surface area contributed by atoms with Crippen LogP contribution in [0.1, 0.15) is 38.1 Å². The number of nitrogens with zero attached hydrogens (tertiary/aromatic N) is 3. The molecule has 25 heavy (non-hydrogen) atoms. The second-order valence-corrected chi connectivity index (χ2v) is 5.64. The van der Waals surface area contributed by atoms with Gasteiger partial charge in [0.2, 0.25) is 11.8 Å². The largest absolute Gasteiger partial charge is 0.423 e. The number of benzene rings is 2. The summed E-state index contributed by atoms with van der Waals surface area (Å²) in [6, 6.07) is 13.1. The molecule has 0 saturated carbocycles. The van der Waals surface area contributed by atoms with Gasteiger partial charge in [0.25, 0.3) is 11.8 Å². The minimum Gasteiger partial charge on any atom is -0.423 e. The number of carbonyl (C=O) groups excluding carboxylic acids is 2. The van der Waals surface area contributed by atoms with E-state index < -0.39 is 17.6 Å². The van der Waals surface area contributed by atoms with Gasteiger partial charge < -0.3 is 4.42 Å². The Morgan fingerprint density at radius 2 is 1.64 bits per heavy atom. The summed E-state index contributed by atoms with van der Waals surface area (Å²) in [4.78, 5) is 25.6. The number of carbonyl (C=O) groups is 2. The van der Waals surface area contributed by atoms with Crippen molar-refractivity contribution in [2.24, 2.45) is 0 Å². The van der Waals surface area contributed by atoms with Gasteiger partial charge in [0.05, 0.1) is 17.5 Å². The van der Waals surface area contributed by atoms with Gasteiger partial charge in [-0.1, -0.05) is 30.3 Å². The lowest BCUT2D eigenvalue weighted by atomic mass is 10.1. The lowest BCUT2D eigenvalue weighted by molar-refractivity contribution is 0.0628. The lowest BCUT2D eigenvalue weighted by Gasteiger charge is -2.10. The van der Waals surface area contributed by atoms with E-state index in [0.29, 0.717) is 12.3 Å². The van der Waals surface area contributed by atoms with Crippen LogP contribution in [0.2, 0.25) is 0 Å². The van der Waals surface area contributed by atoms with E-state index in [1.807, 2.05) is 30.3 Å². The molecular formula is C18H12FN3O3. The molecule has 2 heterocycles. The van der Waals surface area contributed by atoms with Crippen LogP contribution < -0.4 is 0 Å². The molecule has 0 radical (unpaired) electrons. The minimum atomic E-state index is -0.567. The zero-order valence-electron chi connectivity index (χ0n) is 13.0. The quantitative estimate of drug-likeness (QED) is 0.684. The second kappa shape index (κ2) is 5.94. The molecule has 7 heteroatoms. The van der Waals surface area contributed by atoms with Crippen molar-refractivity contribution in [1.82, 2.24) is 15.1 Å². The molecule has 124 valence electrons. The Morgan fingerprint density at radius 1 is 0.920 bits per heavy atom. The Kier molecular flexibility index (Phi) is 3.61. The molecule has 3 aromatic rings. The average Bonchev–Trinajstić information content (AvgIpc) is 3.14. The molecular weight excluding hydrogens is 325 g/mol. The zero-order chi connectivity index (χ0) is 17.4. The molecule has 0 saturated heterocycles. The van der Waals surface area contributed by atoms with Crippen molar-refractivity contribution in [2.75, 3.05) is 0 Å². The van der Waals surface area contributed by atoms with Crippen LogP contribution in [0.25, 0.3) is 0 Å². The molecule has 1 aliphatic heterocycles. The zero-order valence-corrected chi connectivity index (χ0v) is 13.0. The summed E-state index contributed by atoms with van der Waals surface area (Å²) in [7, 11) is 0. The molecule has 1 aromatic heterocycles. The third-order valence-electron chi connectivity index (χ3n) is 3.93. The molecule has 0 bridgehead atoms. The Labute approximate surface area is 141 Å². The maximum Gasteiger partial charge on any atom is 0.262 e. The minimum absolute atomic E-state index is 0.0500. The van der Waals surface area contributed by atoms with Crippen molar-refractivity contribution in [3.8, 4) is 0 Å². The van der Waals surface area contributed by atoms with E-state index in [1.54, 1.807) is 0 Å². The highest BCUT2D eigenvalue weighted by molar-refractivity contribution is 6.21. The van der Waals surface area contributed by atoms with Gasteiger partial charge in [-0.2, -0.15) is 0 Å². The predicted octanol–water partition coefficient (Wildman–Crippen LogP) is 2.60. The SMILES string of the molecule is O=C1c2ccc(F)cc2C(=O)N1Cc1nnc(Cc2ccccc2)o1. The number of aromatic nitrogens is 2. The van der Waals surface area contributed by atoms with E-state index in [0.717, 1.165) is 22.6 Å². The van der Waals surface area contributed by atoms with Gasteiger partial charge in [0.15, 0.2) is 0 Å². The topological polar surface area (TPSA) is 76.3 Å². The fourth-order valence-corrected chi connectivity index (χ4v) is 2.74. The molecule has 0 spiro atoms. The summed E-state index contributed by atoms with van der Waals surface area (Å²) < 4.78 is 18.8. The van der Waals surface area contributed by atoms with Crippen molar-refractivity contribution in [3.05, 3.63) is 82.8 Å². The van der Waals surface area contributed by atoms with E-state index in [-0.39, 0.29) is 23.6 Å². The van der Waals surface area contributed by atoms with E-state index in [2.05, 4.69) is 10.2 Å². The van der Waals surface area contributed by atoms with E-state index in [1.165, 1.54) is 6.07 Å². The summed E-state index contributed by atoms with van der Waals surface area (Å²) in [6.45, 7) is -0.143. The molecule has 0 fully saturated rings. The molecule has 2 amide bonds. The highest BCUT2D eigenvalue weighted by Gasteiger charge is 2.36. The summed E-state index contributed by atoms with van der Waals surface area (Å²) in [5.41, 5.74) is 1.23. The molecule has 0 N–H and O–H groups in total. The second-order valence-electron chi connectivity index (χ2n) is 5.64. The molecule has 0 aliphatic carbocycles. The number of halogens is 1. The van der Waals surface area contributed by atoms with E-state index >= 15 is 0 Å². The fourth-order valence-electron chi connectivity index (χ4n) is 2.74. The van der Waals surface area contributed by atoms with Crippen LogP contribution in [-0.2, 0) is 13.0 Å². The van der Waals surface area contributed by atoms with Crippen LogP contribution >= 0.6 is 0 Å². The van der Waals surface area contributed by atoms with Crippen molar-refractivity contribution in [2.45, 2.75) is 13.0 Å². The Morgan fingerprint density at radius 3 is 2.44 bits per heavy atom. The maximum atomic E-state index is 13.3. The Bertz CT molecular complexity index is 969. The van der Waals surface area contributed by atoms with Crippen molar-refractivity contribution < 1.29 is 18.4 Å². The Hall–Kier alpha value is -3.35. The summed E-state index contributed by atoms with van der Waals surface area (Å²) in [5.74, 6) is -1.08. The number of hydrogen-bond donors (Lipinski definition) is 0. The molecule has 0 atom stereocenters. The first-order chi connectivity index (χ1) is 12.1. The van der Waals surface area contributed by atoms with Gasteiger partial charge >= 0.3 is 0 Å². The highest BCUT2D eigenvalue weighted by Crippen LogP contribution is 2.25. The van der Waals surface area contributed by atoms with Gasteiger partial charge in [-0.15, -0.1) is 10.2 Å². The number of imide groups is 1. The van der Waals surface area contributed by atoms with Crippen molar-refractivity contribution >= 4 is 11.8 Å². The monoisotopic (exact) mass is 337 g/mol. The summed E-state index contributed by atoms with van der Waals surface area (Å²) in [5, 5.41) is 7.83. The first-order valence-corrected chi connectivity index (χ1v) is 7.63. The molecule has 0 unspecified atom stereocenters. The number of amides is 2. The van der Waals surface area contributed by atoms with Gasteiger partial charge in [-0.3, -0.25) is 14.5 Å². The normalized spacial score (nSPS) is 13.4. The highest BCUT2D eigenvalue weighted by atomic mass is 19.1. The van der Waals surface area contributed by atoms with Crippen LogP contribution in [0, 0.1) is 5.82 Å². The van der Waals surface area contributed by atoms with E-state index in [9.17, 15) is 14.0 Å². The lowest BCUT2D eigenvalue weighted by Crippen LogP contribution is -2.29. The van der Waals surface area contributed by atoms with Gasteiger partial charge in [-0.25, -0.2) is 4.39 Å². The third kappa shape index (κ3) is 2.80. The molecule has 4 rings (SSSR count). The number of hydrogen-bond acceptors (Lipinski definition) is 5. The van der Waals surface area contributed by atoms with Crippen LogP contribution in [0.4, 0.5) is 4.39 Å². The number of rotatable bonds is 4. The van der Waals surface area contributed by atoms with Gasteiger partial charge in [-0.05, 0) is 23.8 Å². The smallest absolute Gasteiger partial charge is 0.262 e. The predicted molar refractivity (Wildman–Crippen MR) is 84.2 cm³/mol. The molecule has 1 aliphatic rings. The maximum absolute atomic E-state index is 13.3. The summed E-state index contributed by atoms with van der Waals surface area (Å²) >= 11 is 0. The van der Waals surface area contributed by atoms with Crippen LogP contribution in [0.5, 0.6) is 0 Å². The molecule has 6 nitrogen and oxygen atoms in total. The van der Waals surface area contributed by atoms with Crippen LogP contribution in [0.3, 0.4) is 0 Å². The molecule has 2 aromatic carbocycles. The van der Waals surface area contributed by atoms with Crippen molar-refractivity contribution in [1.29, 1.82) is 0 Å². The van der Waals surface area contributed by atoms with Crippen LogP contribution in [0.15, 0.2) is 52.9 Å². The van der Waals surface area contributed by atoms with Gasteiger partial charge in [0, 0.05) is 0 Å². The standard InChI is InChI=1S/C18H12FN3O3/c19-12-6-7-13-14(9-12)18(24)22(17(13)23)10-16-21-20-15(25-16)8-11-4-2-1-3-5-11/h1-7,9H,8,10H2. The first-order valence-electron chi connectivity index (χ1n) is 7.63. The fraction of sp³-hybridized carbons (Fsp3) is 0.111. The number of fused-ring (bicyclic) bond motifs is 1. The van der Waals surface area contributed by atoms with E-state index in [4.69, 9.17) is 4.42 Å². The summed E-state index contributed by atoms with van der Waals surface area (Å²) in [6.07, 6.45) is 0.459. The van der Waals surface area contributed by atoms with Crippen molar-refractivity contribution in [3.63, 3.8) is 0 Å². The average molecular weight is 337 g/mol. The third-order valence-corrected chi connectivity index (χ3v) is 3.93. The van der Waals surface area contributed by atoms with Crippen LogP contribution in [-0.4, -0.2) is 26.9 Å². The Balaban J connectivity index is 1.52.